The first kappa shape index (κ1) is 14.0. The number of carboxylic acids is 1. The van der Waals surface area contributed by atoms with Gasteiger partial charge in [-0.1, -0.05) is 17.7 Å². The van der Waals surface area contributed by atoms with E-state index in [1.165, 1.54) is 30.5 Å². The van der Waals surface area contributed by atoms with Crippen LogP contribution in [0.25, 0.3) is 0 Å². The van der Waals surface area contributed by atoms with Gasteiger partial charge in [-0.3, -0.25) is 4.79 Å². The van der Waals surface area contributed by atoms with Crippen LogP contribution in [-0.2, 0) is 0 Å². The molecule has 0 bridgehead atoms. The monoisotopic (exact) mass is 294 g/mol. The van der Waals surface area contributed by atoms with Gasteiger partial charge in [0.05, 0.1) is 10.6 Å². The molecule has 1 aromatic heterocycles. The molecule has 7 heteroatoms. The number of anilines is 1. The number of carbonyl (C=O) groups is 2. The van der Waals surface area contributed by atoms with Gasteiger partial charge in [0.15, 0.2) is 0 Å². The van der Waals surface area contributed by atoms with E-state index in [1.54, 1.807) is 0 Å². The van der Waals surface area contributed by atoms with Crippen LogP contribution in [0.5, 0.6) is 0 Å². The topological polar surface area (TPSA) is 79.3 Å². The molecule has 0 saturated carbocycles. The molecule has 0 aliphatic carbocycles. The van der Waals surface area contributed by atoms with E-state index in [2.05, 4.69) is 10.3 Å². The first-order valence-corrected chi connectivity index (χ1v) is 5.81. The quantitative estimate of drug-likeness (QED) is 0.912. The molecule has 0 fully saturated rings. The van der Waals surface area contributed by atoms with Gasteiger partial charge in [0.1, 0.15) is 11.5 Å². The number of hydrogen-bond acceptors (Lipinski definition) is 3. The average Bonchev–Trinajstić information content (AvgIpc) is 2.42. The Hall–Kier alpha value is -2.47. The second-order valence-electron chi connectivity index (χ2n) is 3.79. The molecular formula is C13H8ClFN2O3. The van der Waals surface area contributed by atoms with Crippen LogP contribution in [-0.4, -0.2) is 22.0 Å². The minimum Gasteiger partial charge on any atom is -0.477 e. The lowest BCUT2D eigenvalue weighted by Crippen LogP contribution is -2.13. The lowest BCUT2D eigenvalue weighted by molar-refractivity contribution is 0.0690. The number of hydrogen-bond donors (Lipinski definition) is 2. The number of carboxylic acid groups (broad SMARTS) is 1. The van der Waals surface area contributed by atoms with Crippen molar-refractivity contribution in [1.29, 1.82) is 0 Å². The van der Waals surface area contributed by atoms with Crippen LogP contribution in [0.2, 0.25) is 5.02 Å². The Labute approximate surface area is 118 Å². The Morgan fingerprint density at radius 3 is 2.75 bits per heavy atom. The minimum absolute atomic E-state index is 0.0413. The largest absolute Gasteiger partial charge is 0.477 e. The van der Waals surface area contributed by atoms with Gasteiger partial charge in [0.25, 0.3) is 5.91 Å². The lowest BCUT2D eigenvalue weighted by Gasteiger charge is -2.07. The van der Waals surface area contributed by atoms with Crippen molar-refractivity contribution in [2.45, 2.75) is 0 Å². The van der Waals surface area contributed by atoms with Crippen molar-refractivity contribution in [2.75, 3.05) is 5.32 Å². The molecule has 20 heavy (non-hydrogen) atoms. The van der Waals surface area contributed by atoms with E-state index in [1.807, 2.05) is 0 Å². The normalized spacial score (nSPS) is 10.1. The number of amides is 1. The Morgan fingerprint density at radius 1 is 1.30 bits per heavy atom. The number of rotatable bonds is 3. The van der Waals surface area contributed by atoms with Crippen LogP contribution >= 0.6 is 11.6 Å². The number of halogens is 2. The second-order valence-corrected chi connectivity index (χ2v) is 4.17. The summed E-state index contributed by atoms with van der Waals surface area (Å²) in [5.74, 6) is -2.57. The molecule has 2 N–H and O–H groups in total. The Morgan fingerprint density at radius 2 is 2.05 bits per heavy atom. The van der Waals surface area contributed by atoms with Crippen molar-refractivity contribution in [3.63, 3.8) is 0 Å². The number of carbonyl (C=O) groups excluding carboxylic acids is 1. The van der Waals surface area contributed by atoms with Crippen LogP contribution in [0.1, 0.15) is 20.8 Å². The van der Waals surface area contributed by atoms with E-state index in [0.29, 0.717) is 0 Å². The predicted octanol–water partition coefficient (Wildman–Crippen LogP) is 2.82. The van der Waals surface area contributed by atoms with Gasteiger partial charge in [0.2, 0.25) is 0 Å². The minimum atomic E-state index is -1.22. The summed E-state index contributed by atoms with van der Waals surface area (Å²) < 4.78 is 13.2. The predicted molar refractivity (Wildman–Crippen MR) is 70.6 cm³/mol. The summed E-state index contributed by atoms with van der Waals surface area (Å²) in [5, 5.41) is 10.9. The van der Waals surface area contributed by atoms with E-state index in [9.17, 15) is 14.0 Å². The fourth-order valence-corrected chi connectivity index (χ4v) is 1.71. The lowest BCUT2D eigenvalue weighted by atomic mass is 10.2. The fraction of sp³-hybridized carbons (Fsp3) is 0. The first-order valence-electron chi connectivity index (χ1n) is 5.44. The summed E-state index contributed by atoms with van der Waals surface area (Å²) in [6, 6.07) is 6.45. The number of benzene rings is 1. The van der Waals surface area contributed by atoms with Gasteiger partial charge in [-0.15, -0.1) is 0 Å². The maximum Gasteiger partial charge on any atom is 0.354 e. The van der Waals surface area contributed by atoms with Crippen LogP contribution in [0.3, 0.4) is 0 Å². The fourth-order valence-electron chi connectivity index (χ4n) is 1.50. The number of nitrogens with zero attached hydrogens (tertiary/aromatic N) is 1. The smallest absolute Gasteiger partial charge is 0.354 e. The molecule has 0 spiro atoms. The standard InChI is InChI=1S/C13H8ClFN2O3/c14-11-8(2-1-3-9(11)15)12(18)17-7-4-5-16-10(6-7)13(19)20/h1-6H,(H,19,20)(H,16,17,18). The van der Waals surface area contributed by atoms with E-state index in [4.69, 9.17) is 16.7 Å². The van der Waals surface area contributed by atoms with Crippen molar-refractivity contribution in [2.24, 2.45) is 0 Å². The number of aromatic carboxylic acids is 1. The molecule has 0 aliphatic heterocycles. The highest BCUT2D eigenvalue weighted by Gasteiger charge is 2.14. The van der Waals surface area contributed by atoms with Crippen LogP contribution < -0.4 is 5.32 Å². The van der Waals surface area contributed by atoms with Gasteiger partial charge in [-0.25, -0.2) is 14.2 Å². The molecule has 0 saturated heterocycles. The van der Waals surface area contributed by atoms with Gasteiger partial charge in [0, 0.05) is 11.9 Å². The van der Waals surface area contributed by atoms with Gasteiger partial charge >= 0.3 is 5.97 Å². The zero-order valence-corrected chi connectivity index (χ0v) is 10.7. The highest BCUT2D eigenvalue weighted by atomic mass is 35.5. The highest BCUT2D eigenvalue weighted by Crippen LogP contribution is 2.21. The van der Waals surface area contributed by atoms with Crippen molar-refractivity contribution in [3.8, 4) is 0 Å². The van der Waals surface area contributed by atoms with Gasteiger partial charge in [-0.2, -0.15) is 0 Å². The Kier molecular flexibility index (Phi) is 3.95. The summed E-state index contributed by atoms with van der Waals surface area (Å²) in [6.45, 7) is 0. The summed E-state index contributed by atoms with van der Waals surface area (Å²) >= 11 is 5.69. The highest BCUT2D eigenvalue weighted by molar-refractivity contribution is 6.34. The molecule has 2 rings (SSSR count). The summed E-state index contributed by atoms with van der Waals surface area (Å²) in [5.41, 5.74) is -0.0313. The molecule has 0 atom stereocenters. The van der Waals surface area contributed by atoms with Crippen molar-refractivity contribution in [1.82, 2.24) is 4.98 Å². The van der Waals surface area contributed by atoms with Crippen molar-refractivity contribution >= 4 is 29.2 Å². The molecule has 0 unspecified atom stereocenters. The summed E-state index contributed by atoms with van der Waals surface area (Å²) in [6.07, 6.45) is 1.24. The van der Waals surface area contributed by atoms with E-state index in [-0.39, 0.29) is 22.0 Å². The van der Waals surface area contributed by atoms with Crippen molar-refractivity contribution < 1.29 is 19.1 Å². The molecule has 102 valence electrons. The zero-order valence-electron chi connectivity index (χ0n) is 9.93. The molecule has 0 radical (unpaired) electrons. The Balaban J connectivity index is 2.26. The van der Waals surface area contributed by atoms with Gasteiger partial charge < -0.3 is 10.4 Å². The average molecular weight is 295 g/mol. The third kappa shape index (κ3) is 2.92. The molecule has 1 aromatic carbocycles. The second kappa shape index (κ2) is 5.66. The molecule has 2 aromatic rings. The third-order valence-electron chi connectivity index (χ3n) is 2.43. The van der Waals surface area contributed by atoms with Crippen LogP contribution in [0.15, 0.2) is 36.5 Å². The number of nitrogens with one attached hydrogen (secondary N) is 1. The van der Waals surface area contributed by atoms with Crippen LogP contribution in [0.4, 0.5) is 10.1 Å². The zero-order chi connectivity index (χ0) is 14.7. The van der Waals surface area contributed by atoms with Gasteiger partial charge in [-0.05, 0) is 24.3 Å². The molecule has 5 nitrogen and oxygen atoms in total. The summed E-state index contributed by atoms with van der Waals surface area (Å²) in [7, 11) is 0. The maximum absolute atomic E-state index is 13.2. The van der Waals surface area contributed by atoms with Crippen molar-refractivity contribution in [3.05, 3.63) is 58.6 Å². The molecular weight excluding hydrogens is 287 g/mol. The van der Waals surface area contributed by atoms with E-state index < -0.39 is 17.7 Å². The Bertz CT molecular complexity index is 691. The molecule has 1 heterocycles. The first-order chi connectivity index (χ1) is 9.49. The maximum atomic E-state index is 13.2. The molecule has 1 amide bonds. The van der Waals surface area contributed by atoms with E-state index in [0.717, 1.165) is 6.07 Å². The van der Waals surface area contributed by atoms with E-state index >= 15 is 0 Å². The van der Waals surface area contributed by atoms with Crippen LogP contribution in [0, 0.1) is 5.82 Å². The number of aromatic nitrogens is 1. The molecule has 0 aliphatic rings. The third-order valence-corrected chi connectivity index (χ3v) is 2.82. The number of pyridine rings is 1. The summed E-state index contributed by atoms with van der Waals surface area (Å²) in [4.78, 5) is 26.3. The SMILES string of the molecule is O=C(O)c1cc(NC(=O)c2cccc(F)c2Cl)ccn1.